The number of hydrogen-bond donors (Lipinski definition) is 2. The fraction of sp³-hybridized carbons (Fsp3) is 0.800. The van der Waals surface area contributed by atoms with Gasteiger partial charge in [0.05, 0.1) is 0 Å². The Kier molecular flexibility index (Phi) is 8.96. The van der Waals surface area contributed by atoms with E-state index in [0.717, 1.165) is 49.8 Å². The lowest BCUT2D eigenvalue weighted by atomic mass is 10.2. The molecule has 1 rings (SSSR count). The highest BCUT2D eigenvalue weighted by Gasteiger charge is 2.12. The first-order chi connectivity index (χ1) is 10.6. The van der Waals surface area contributed by atoms with Crippen LogP contribution in [0.4, 0.5) is 0 Å². The van der Waals surface area contributed by atoms with Crippen LogP contribution in [0.15, 0.2) is 10.1 Å². The quantitative estimate of drug-likeness (QED) is 0.298. The minimum atomic E-state index is 0.543. The summed E-state index contributed by atoms with van der Waals surface area (Å²) in [5.74, 6) is 2.17. The van der Waals surface area contributed by atoms with E-state index in [0.29, 0.717) is 18.4 Å². The summed E-state index contributed by atoms with van der Waals surface area (Å²) >= 11 is 1.65. The number of rotatable bonds is 10. The van der Waals surface area contributed by atoms with Gasteiger partial charge in [-0.15, -0.1) is 10.2 Å². The molecule has 0 saturated carbocycles. The Morgan fingerprint density at radius 3 is 2.77 bits per heavy atom. The molecular formula is C15H30N6S. The second kappa shape index (κ2) is 10.5. The predicted octanol–water partition coefficient (Wildman–Crippen LogP) is 2.29. The number of unbranched alkanes of at least 4 members (excludes halogenated alkanes) is 1. The van der Waals surface area contributed by atoms with Crippen LogP contribution in [-0.2, 0) is 13.0 Å². The summed E-state index contributed by atoms with van der Waals surface area (Å²) in [6, 6.07) is 0. The largest absolute Gasteiger partial charge is 0.370 e. The van der Waals surface area contributed by atoms with E-state index in [-0.39, 0.29) is 0 Å². The summed E-state index contributed by atoms with van der Waals surface area (Å²) in [4.78, 5) is 4.35. The fourth-order valence-corrected chi connectivity index (χ4v) is 2.61. The molecule has 0 aliphatic carbocycles. The molecule has 126 valence electrons. The zero-order chi connectivity index (χ0) is 16.4. The molecule has 6 nitrogen and oxygen atoms in total. The molecule has 0 bridgehead atoms. The van der Waals surface area contributed by atoms with Gasteiger partial charge in [-0.3, -0.25) is 4.99 Å². The Hall–Kier alpha value is -1.24. The van der Waals surface area contributed by atoms with E-state index in [4.69, 9.17) is 5.73 Å². The molecule has 0 aliphatic heterocycles. The van der Waals surface area contributed by atoms with Crippen LogP contribution in [0.2, 0.25) is 0 Å². The van der Waals surface area contributed by atoms with Gasteiger partial charge in [-0.05, 0) is 25.0 Å². The summed E-state index contributed by atoms with van der Waals surface area (Å²) in [5, 5.41) is 12.7. The molecule has 0 spiro atoms. The molecule has 0 amide bonds. The third kappa shape index (κ3) is 6.68. The average Bonchev–Trinajstić information content (AvgIpc) is 2.85. The predicted molar refractivity (Wildman–Crippen MR) is 94.4 cm³/mol. The van der Waals surface area contributed by atoms with Crippen LogP contribution in [0.3, 0.4) is 0 Å². The Morgan fingerprint density at radius 1 is 1.36 bits per heavy atom. The topological polar surface area (TPSA) is 81.1 Å². The van der Waals surface area contributed by atoms with Gasteiger partial charge in [-0.25, -0.2) is 0 Å². The van der Waals surface area contributed by atoms with Crippen LogP contribution in [-0.4, -0.2) is 40.1 Å². The van der Waals surface area contributed by atoms with Crippen molar-refractivity contribution in [1.82, 2.24) is 20.1 Å². The normalized spacial score (nSPS) is 12.1. The fourth-order valence-electron chi connectivity index (χ4n) is 2.09. The maximum absolute atomic E-state index is 5.82. The molecule has 0 atom stereocenters. The second-order valence-electron chi connectivity index (χ2n) is 5.76. The summed E-state index contributed by atoms with van der Waals surface area (Å²) < 4.78 is 2.22. The van der Waals surface area contributed by atoms with Gasteiger partial charge in [0.1, 0.15) is 5.82 Å². The Balaban J connectivity index is 2.44. The first-order valence-corrected chi connectivity index (χ1v) is 9.30. The van der Waals surface area contributed by atoms with Crippen molar-refractivity contribution in [3.05, 3.63) is 5.82 Å². The second-order valence-corrected chi connectivity index (χ2v) is 6.53. The molecule has 0 unspecified atom stereocenters. The highest BCUT2D eigenvalue weighted by molar-refractivity contribution is 7.98. The number of hydrogen-bond acceptors (Lipinski definition) is 4. The molecule has 0 radical (unpaired) electrons. The average molecular weight is 327 g/mol. The van der Waals surface area contributed by atoms with Gasteiger partial charge >= 0.3 is 0 Å². The molecule has 3 N–H and O–H groups in total. The number of aliphatic imine (C=N–C) groups is 1. The van der Waals surface area contributed by atoms with Gasteiger partial charge in [0.2, 0.25) is 0 Å². The van der Waals surface area contributed by atoms with Crippen molar-refractivity contribution in [2.45, 2.75) is 58.2 Å². The van der Waals surface area contributed by atoms with Crippen molar-refractivity contribution in [3.63, 3.8) is 0 Å². The smallest absolute Gasteiger partial charge is 0.190 e. The van der Waals surface area contributed by atoms with Crippen molar-refractivity contribution in [1.29, 1.82) is 0 Å². The first kappa shape index (κ1) is 18.8. The third-order valence-electron chi connectivity index (χ3n) is 3.20. The van der Waals surface area contributed by atoms with Gasteiger partial charge in [0, 0.05) is 26.1 Å². The van der Waals surface area contributed by atoms with E-state index in [1.54, 1.807) is 11.8 Å². The zero-order valence-electron chi connectivity index (χ0n) is 14.3. The molecule has 1 aromatic rings. The SMILES string of the molecule is CCCCNC(N)=NCCCc1nnc(SC)n1CC(C)C. The summed E-state index contributed by atoms with van der Waals surface area (Å²) in [7, 11) is 0. The number of nitrogens with two attached hydrogens (primary N) is 1. The van der Waals surface area contributed by atoms with E-state index in [9.17, 15) is 0 Å². The molecule has 0 aliphatic rings. The van der Waals surface area contributed by atoms with Crippen molar-refractivity contribution in [2.75, 3.05) is 19.3 Å². The first-order valence-electron chi connectivity index (χ1n) is 8.08. The van der Waals surface area contributed by atoms with E-state index in [1.807, 2.05) is 6.26 Å². The van der Waals surface area contributed by atoms with Gasteiger partial charge in [0.15, 0.2) is 11.1 Å². The van der Waals surface area contributed by atoms with Gasteiger partial charge in [0.25, 0.3) is 0 Å². The molecule has 0 saturated heterocycles. The molecule has 1 heterocycles. The number of guanidine groups is 1. The molecule has 1 aromatic heterocycles. The summed E-state index contributed by atoms with van der Waals surface area (Å²) in [5.41, 5.74) is 5.82. The van der Waals surface area contributed by atoms with E-state index >= 15 is 0 Å². The Bertz CT molecular complexity index is 455. The number of thioether (sulfide) groups is 1. The van der Waals surface area contributed by atoms with Crippen molar-refractivity contribution < 1.29 is 0 Å². The van der Waals surface area contributed by atoms with Crippen LogP contribution < -0.4 is 11.1 Å². The van der Waals surface area contributed by atoms with Crippen LogP contribution in [0, 0.1) is 5.92 Å². The van der Waals surface area contributed by atoms with Gasteiger partial charge < -0.3 is 15.6 Å². The summed E-state index contributed by atoms with van der Waals surface area (Å²) in [6.45, 7) is 9.15. The maximum Gasteiger partial charge on any atom is 0.190 e. The summed E-state index contributed by atoms with van der Waals surface area (Å²) in [6.07, 6.45) is 6.12. The van der Waals surface area contributed by atoms with Crippen molar-refractivity contribution in [3.8, 4) is 0 Å². The zero-order valence-corrected chi connectivity index (χ0v) is 15.1. The monoisotopic (exact) mass is 326 g/mol. The lowest BCUT2D eigenvalue weighted by Crippen LogP contribution is -2.32. The highest BCUT2D eigenvalue weighted by atomic mass is 32.2. The van der Waals surface area contributed by atoms with Crippen LogP contribution >= 0.6 is 11.8 Å². The number of nitrogens with one attached hydrogen (secondary N) is 1. The van der Waals surface area contributed by atoms with E-state index in [1.165, 1.54) is 0 Å². The van der Waals surface area contributed by atoms with E-state index < -0.39 is 0 Å². The lowest BCUT2D eigenvalue weighted by Gasteiger charge is -2.11. The van der Waals surface area contributed by atoms with Crippen molar-refractivity contribution in [2.24, 2.45) is 16.6 Å². The molecular weight excluding hydrogens is 296 g/mol. The number of aryl methyl sites for hydroxylation is 1. The number of aromatic nitrogens is 3. The third-order valence-corrected chi connectivity index (χ3v) is 3.87. The molecule has 7 heteroatoms. The van der Waals surface area contributed by atoms with Crippen LogP contribution in [0.25, 0.3) is 0 Å². The van der Waals surface area contributed by atoms with Crippen LogP contribution in [0.1, 0.15) is 45.9 Å². The van der Waals surface area contributed by atoms with E-state index in [2.05, 4.69) is 45.8 Å². The maximum atomic E-state index is 5.82. The number of nitrogens with zero attached hydrogens (tertiary/aromatic N) is 4. The minimum absolute atomic E-state index is 0.543. The standard InChI is InChI=1S/C15H30N6S/c1-5-6-9-17-14(16)18-10-7-8-13-19-20-15(22-4)21(13)11-12(2)3/h12H,5-11H2,1-4H3,(H3,16,17,18). The minimum Gasteiger partial charge on any atom is -0.370 e. The Labute approximate surface area is 138 Å². The highest BCUT2D eigenvalue weighted by Crippen LogP contribution is 2.16. The molecule has 22 heavy (non-hydrogen) atoms. The molecule has 0 fully saturated rings. The van der Waals surface area contributed by atoms with Gasteiger partial charge in [-0.2, -0.15) is 0 Å². The molecule has 0 aromatic carbocycles. The lowest BCUT2D eigenvalue weighted by molar-refractivity contribution is 0.477. The van der Waals surface area contributed by atoms with Crippen molar-refractivity contribution >= 4 is 17.7 Å². The van der Waals surface area contributed by atoms with Crippen LogP contribution in [0.5, 0.6) is 0 Å². The Morgan fingerprint density at radius 2 is 2.14 bits per heavy atom. The van der Waals surface area contributed by atoms with Gasteiger partial charge in [-0.1, -0.05) is 39.0 Å².